The fourth-order valence-corrected chi connectivity index (χ4v) is 1.94. The van der Waals surface area contributed by atoms with Crippen molar-refractivity contribution in [1.29, 1.82) is 0 Å². The molecule has 0 amide bonds. The number of hydrogen-bond acceptors (Lipinski definition) is 1. The molecule has 1 aromatic rings. The molecule has 0 aliphatic heterocycles. The van der Waals surface area contributed by atoms with Gasteiger partial charge < -0.3 is 4.74 Å². The largest absolute Gasteiger partial charge is 0.488 e. The van der Waals surface area contributed by atoms with Gasteiger partial charge in [-0.25, -0.2) is 0 Å². The molecular weight excluding hydrogens is 296 g/mol. The minimum atomic E-state index is 0.490. The van der Waals surface area contributed by atoms with E-state index in [2.05, 4.69) is 44.2 Å². The molecule has 0 atom stereocenters. The maximum absolute atomic E-state index is 5.41. The highest BCUT2D eigenvalue weighted by atomic mass is 79.9. The zero-order valence-electron chi connectivity index (χ0n) is 6.89. The van der Waals surface area contributed by atoms with Gasteiger partial charge in [0.05, 0.1) is 4.47 Å². The van der Waals surface area contributed by atoms with E-state index in [1.54, 1.807) is 6.08 Å². The molecule has 13 heavy (non-hydrogen) atoms. The van der Waals surface area contributed by atoms with Gasteiger partial charge in [-0.2, -0.15) is 0 Å². The summed E-state index contributed by atoms with van der Waals surface area (Å²) in [5.41, 5.74) is 2.64. The smallest absolute Gasteiger partial charge is 0.134 e. The molecule has 0 bridgehead atoms. The second-order valence-corrected chi connectivity index (χ2v) is 4.06. The fourth-order valence-electron chi connectivity index (χ4n) is 0.783. The standard InChI is InChI=1S/C10H8Br2O/c1-2-3-6-13-10-5-4-8(11)7-9(10)12/h3-5,7H,1,6H2. The minimum Gasteiger partial charge on any atom is -0.488 e. The van der Waals surface area contributed by atoms with Gasteiger partial charge in [-0.3, -0.25) is 0 Å². The lowest BCUT2D eigenvalue weighted by Gasteiger charge is -2.04. The van der Waals surface area contributed by atoms with E-state index in [0.717, 1.165) is 14.7 Å². The molecule has 0 aromatic heterocycles. The van der Waals surface area contributed by atoms with Crippen molar-refractivity contribution in [1.82, 2.24) is 0 Å². The Labute approximate surface area is 94.4 Å². The predicted molar refractivity (Wildman–Crippen MR) is 61.0 cm³/mol. The second kappa shape index (κ2) is 5.28. The highest BCUT2D eigenvalue weighted by molar-refractivity contribution is 9.11. The van der Waals surface area contributed by atoms with E-state index in [1.807, 2.05) is 18.2 Å². The summed E-state index contributed by atoms with van der Waals surface area (Å²) in [6.45, 7) is 3.94. The summed E-state index contributed by atoms with van der Waals surface area (Å²) in [6.07, 6.45) is 1.73. The van der Waals surface area contributed by atoms with Gasteiger partial charge in [-0.1, -0.05) is 22.5 Å². The summed E-state index contributed by atoms with van der Waals surface area (Å²) in [5.74, 6) is 0.815. The quantitative estimate of drug-likeness (QED) is 0.769. The van der Waals surface area contributed by atoms with Crippen molar-refractivity contribution in [2.24, 2.45) is 0 Å². The molecule has 0 aliphatic carbocycles. The zero-order valence-corrected chi connectivity index (χ0v) is 10.1. The first kappa shape index (κ1) is 10.6. The van der Waals surface area contributed by atoms with E-state index in [0.29, 0.717) is 6.61 Å². The Bertz CT molecular complexity index is 341. The summed E-state index contributed by atoms with van der Waals surface area (Å²) in [6, 6.07) is 5.76. The van der Waals surface area contributed by atoms with E-state index < -0.39 is 0 Å². The summed E-state index contributed by atoms with van der Waals surface area (Å²) < 4.78 is 7.36. The molecule has 1 rings (SSSR count). The van der Waals surface area contributed by atoms with Crippen LogP contribution in [-0.2, 0) is 0 Å². The molecule has 0 aliphatic rings. The van der Waals surface area contributed by atoms with Crippen molar-refractivity contribution in [2.45, 2.75) is 0 Å². The highest BCUT2D eigenvalue weighted by Gasteiger charge is 1.99. The van der Waals surface area contributed by atoms with E-state index in [9.17, 15) is 0 Å². The number of rotatable bonds is 3. The van der Waals surface area contributed by atoms with Crippen LogP contribution in [0.2, 0.25) is 0 Å². The monoisotopic (exact) mass is 302 g/mol. The molecule has 0 N–H and O–H groups in total. The van der Waals surface area contributed by atoms with Crippen LogP contribution in [0.4, 0.5) is 0 Å². The van der Waals surface area contributed by atoms with Crippen LogP contribution in [0.3, 0.4) is 0 Å². The third-order valence-corrected chi connectivity index (χ3v) is 2.47. The first-order valence-corrected chi connectivity index (χ1v) is 5.25. The van der Waals surface area contributed by atoms with E-state index in [4.69, 9.17) is 4.74 Å². The zero-order chi connectivity index (χ0) is 9.68. The van der Waals surface area contributed by atoms with Gasteiger partial charge in [0.25, 0.3) is 0 Å². The first-order valence-electron chi connectivity index (χ1n) is 3.66. The van der Waals surface area contributed by atoms with Crippen LogP contribution in [0, 0.1) is 0 Å². The Balaban J connectivity index is 2.71. The van der Waals surface area contributed by atoms with Gasteiger partial charge in [0.15, 0.2) is 0 Å². The summed E-state index contributed by atoms with van der Waals surface area (Å²) >= 11 is 6.76. The average Bonchev–Trinajstić information content (AvgIpc) is 2.09. The summed E-state index contributed by atoms with van der Waals surface area (Å²) in [5, 5.41) is 0. The van der Waals surface area contributed by atoms with E-state index >= 15 is 0 Å². The van der Waals surface area contributed by atoms with Crippen LogP contribution in [-0.4, -0.2) is 6.61 Å². The van der Waals surface area contributed by atoms with Crippen molar-refractivity contribution < 1.29 is 4.74 Å². The molecule has 1 nitrogen and oxygen atoms in total. The lowest BCUT2D eigenvalue weighted by molar-refractivity contribution is 0.361. The molecular formula is C10H8Br2O. The van der Waals surface area contributed by atoms with Crippen LogP contribution in [0.5, 0.6) is 5.75 Å². The van der Waals surface area contributed by atoms with Gasteiger partial charge in [0.1, 0.15) is 12.4 Å². The molecule has 1 aromatic carbocycles. The Kier molecular flexibility index (Phi) is 4.29. The molecule has 0 fully saturated rings. The van der Waals surface area contributed by atoms with Crippen LogP contribution >= 0.6 is 31.9 Å². The lowest BCUT2D eigenvalue weighted by Crippen LogP contribution is -1.93. The Hall–Kier alpha value is -0.500. The van der Waals surface area contributed by atoms with Crippen LogP contribution in [0.1, 0.15) is 0 Å². The second-order valence-electron chi connectivity index (χ2n) is 2.29. The van der Waals surface area contributed by atoms with Crippen LogP contribution in [0.15, 0.2) is 45.5 Å². The van der Waals surface area contributed by atoms with Crippen molar-refractivity contribution in [3.8, 4) is 5.75 Å². The van der Waals surface area contributed by atoms with E-state index in [-0.39, 0.29) is 0 Å². The lowest BCUT2D eigenvalue weighted by atomic mass is 10.3. The predicted octanol–water partition coefficient (Wildman–Crippen LogP) is 3.93. The van der Waals surface area contributed by atoms with Gasteiger partial charge in [0.2, 0.25) is 0 Å². The third kappa shape index (κ3) is 3.39. The number of halogens is 2. The molecule has 0 saturated carbocycles. The first-order chi connectivity index (χ1) is 6.24. The minimum absolute atomic E-state index is 0.490. The highest BCUT2D eigenvalue weighted by Crippen LogP contribution is 2.27. The molecule has 0 radical (unpaired) electrons. The van der Waals surface area contributed by atoms with Gasteiger partial charge in [-0.05, 0) is 40.2 Å². The van der Waals surface area contributed by atoms with E-state index in [1.165, 1.54) is 0 Å². The molecule has 0 spiro atoms. The number of hydrogen-bond donors (Lipinski definition) is 0. The molecule has 0 saturated heterocycles. The number of ether oxygens (including phenoxy) is 1. The fraction of sp³-hybridized carbons (Fsp3) is 0.100. The molecule has 3 heteroatoms. The maximum Gasteiger partial charge on any atom is 0.134 e. The summed E-state index contributed by atoms with van der Waals surface area (Å²) in [7, 11) is 0. The van der Waals surface area contributed by atoms with Crippen molar-refractivity contribution in [3.05, 3.63) is 45.5 Å². The normalized spacial score (nSPS) is 9.08. The SMILES string of the molecule is C=C=CCOc1ccc(Br)cc1Br. The number of benzene rings is 1. The average molecular weight is 304 g/mol. The maximum atomic E-state index is 5.41. The Morgan fingerprint density at radius 2 is 2.23 bits per heavy atom. The van der Waals surface area contributed by atoms with Gasteiger partial charge in [-0.15, -0.1) is 5.73 Å². The molecule has 68 valence electrons. The summed E-state index contributed by atoms with van der Waals surface area (Å²) in [4.78, 5) is 0. The topological polar surface area (TPSA) is 9.23 Å². The third-order valence-electron chi connectivity index (χ3n) is 1.36. The Morgan fingerprint density at radius 3 is 2.85 bits per heavy atom. The molecule has 0 unspecified atom stereocenters. The van der Waals surface area contributed by atoms with Crippen LogP contribution < -0.4 is 4.74 Å². The van der Waals surface area contributed by atoms with Crippen molar-refractivity contribution >= 4 is 31.9 Å². The molecule has 0 heterocycles. The van der Waals surface area contributed by atoms with Crippen LogP contribution in [0.25, 0.3) is 0 Å². The van der Waals surface area contributed by atoms with Gasteiger partial charge >= 0.3 is 0 Å². The van der Waals surface area contributed by atoms with Crippen molar-refractivity contribution in [2.75, 3.05) is 6.61 Å². The Morgan fingerprint density at radius 1 is 1.46 bits per heavy atom. The van der Waals surface area contributed by atoms with Crippen molar-refractivity contribution in [3.63, 3.8) is 0 Å². The van der Waals surface area contributed by atoms with Gasteiger partial charge in [0, 0.05) is 4.47 Å².